The molecular weight excluding hydrogens is 330 g/mol. The van der Waals surface area contributed by atoms with E-state index in [0.29, 0.717) is 5.75 Å². The van der Waals surface area contributed by atoms with Crippen molar-refractivity contribution in [2.24, 2.45) is 5.16 Å². The van der Waals surface area contributed by atoms with Crippen LogP contribution in [-0.2, 0) is 9.53 Å². The Hall–Kier alpha value is -3.52. The average molecular weight is 349 g/mol. The third-order valence-corrected chi connectivity index (χ3v) is 3.24. The third-order valence-electron chi connectivity index (χ3n) is 3.24. The van der Waals surface area contributed by atoms with E-state index in [1.54, 1.807) is 19.1 Å². The Morgan fingerprint density at radius 3 is 2.62 bits per heavy atom. The second-order valence-corrected chi connectivity index (χ2v) is 5.03. The number of rotatable bonds is 6. The summed E-state index contributed by atoms with van der Waals surface area (Å²) < 4.78 is 10.5. The smallest absolute Gasteiger partial charge is 0.360 e. The van der Waals surface area contributed by atoms with Gasteiger partial charge in [-0.15, -0.1) is 0 Å². The number of hydrogen-bond donors (Lipinski definition) is 1. The molecule has 0 aliphatic heterocycles. The fourth-order valence-corrected chi connectivity index (χ4v) is 2.04. The Morgan fingerprint density at radius 1 is 1.15 bits per heavy atom. The summed E-state index contributed by atoms with van der Waals surface area (Å²) in [4.78, 5) is 11.6. The lowest BCUT2D eigenvalue weighted by Gasteiger charge is -2.06. The van der Waals surface area contributed by atoms with Crippen molar-refractivity contribution in [3.63, 3.8) is 0 Å². The molecule has 2 aromatic rings. The number of nitrogens with zero attached hydrogens (tertiary/aromatic N) is 1. The van der Waals surface area contributed by atoms with Gasteiger partial charge in [0.1, 0.15) is 12.4 Å². The van der Waals surface area contributed by atoms with Crippen LogP contribution in [0.3, 0.4) is 0 Å². The Balaban J connectivity index is 2.04. The van der Waals surface area contributed by atoms with Crippen molar-refractivity contribution in [3.05, 3.63) is 71.8 Å². The zero-order chi connectivity index (χ0) is 18.6. The van der Waals surface area contributed by atoms with Gasteiger partial charge in [0, 0.05) is 11.1 Å². The first-order chi connectivity index (χ1) is 12.7. The highest BCUT2D eigenvalue weighted by molar-refractivity contribution is 6.41. The molecule has 2 rings (SSSR count). The van der Waals surface area contributed by atoms with Crippen molar-refractivity contribution in [2.75, 3.05) is 13.2 Å². The highest BCUT2D eigenvalue weighted by Gasteiger charge is 2.10. The number of carbonyl (C=O) groups excluding carboxylic acids is 1. The zero-order valence-corrected chi connectivity index (χ0v) is 14.4. The first-order valence-corrected chi connectivity index (χ1v) is 8.07. The van der Waals surface area contributed by atoms with E-state index in [-0.39, 0.29) is 18.9 Å². The van der Waals surface area contributed by atoms with Gasteiger partial charge < -0.3 is 14.7 Å². The highest BCUT2D eigenvalue weighted by atomic mass is 16.5. The van der Waals surface area contributed by atoms with E-state index in [9.17, 15) is 4.79 Å². The SMILES string of the molecule is CCOC(=O)C(/C=C/c1ccccc1OCC#Cc1ccccc1)=N\O. The summed E-state index contributed by atoms with van der Waals surface area (Å²) >= 11 is 0. The molecule has 26 heavy (non-hydrogen) atoms. The molecule has 0 atom stereocenters. The van der Waals surface area contributed by atoms with E-state index in [4.69, 9.17) is 14.7 Å². The van der Waals surface area contributed by atoms with Gasteiger partial charge in [-0.3, -0.25) is 0 Å². The van der Waals surface area contributed by atoms with Gasteiger partial charge in [-0.1, -0.05) is 53.4 Å². The molecule has 0 radical (unpaired) electrons. The number of carbonyl (C=O) groups is 1. The van der Waals surface area contributed by atoms with Crippen LogP contribution in [0, 0.1) is 11.8 Å². The second kappa shape index (κ2) is 10.4. The van der Waals surface area contributed by atoms with E-state index in [1.165, 1.54) is 6.08 Å². The molecule has 5 nitrogen and oxygen atoms in total. The molecular formula is C21H19NO4. The molecule has 0 fully saturated rings. The number of para-hydroxylation sites is 1. The quantitative estimate of drug-likeness (QED) is 0.285. The molecule has 0 saturated carbocycles. The van der Waals surface area contributed by atoms with Crippen LogP contribution in [0.1, 0.15) is 18.1 Å². The molecule has 0 aliphatic carbocycles. The maximum atomic E-state index is 11.6. The lowest BCUT2D eigenvalue weighted by Crippen LogP contribution is -2.15. The van der Waals surface area contributed by atoms with Gasteiger partial charge in [-0.05, 0) is 37.3 Å². The van der Waals surface area contributed by atoms with Crippen molar-refractivity contribution in [1.29, 1.82) is 0 Å². The van der Waals surface area contributed by atoms with Gasteiger partial charge in [0.05, 0.1) is 6.61 Å². The first-order valence-electron chi connectivity index (χ1n) is 8.07. The minimum atomic E-state index is -0.696. The molecule has 0 unspecified atom stereocenters. The topological polar surface area (TPSA) is 68.1 Å². The van der Waals surface area contributed by atoms with Crippen LogP contribution in [0.5, 0.6) is 5.75 Å². The summed E-state index contributed by atoms with van der Waals surface area (Å²) in [6.45, 7) is 2.10. The maximum Gasteiger partial charge on any atom is 0.360 e. The standard InChI is InChI=1S/C21H19NO4/c1-2-25-21(23)19(22-24)15-14-18-12-6-7-13-20(18)26-16-8-11-17-9-4-3-5-10-17/h3-7,9-10,12-15,24H,2,16H2,1H3/b15-14+,22-19-. The zero-order valence-electron chi connectivity index (χ0n) is 14.4. The van der Waals surface area contributed by atoms with Crippen molar-refractivity contribution >= 4 is 17.8 Å². The van der Waals surface area contributed by atoms with Gasteiger partial charge in [0.2, 0.25) is 0 Å². The predicted octanol–water partition coefficient (Wildman–Crippen LogP) is 3.52. The van der Waals surface area contributed by atoms with E-state index in [1.807, 2.05) is 48.5 Å². The number of ether oxygens (including phenoxy) is 2. The van der Waals surface area contributed by atoms with Crippen LogP contribution >= 0.6 is 0 Å². The van der Waals surface area contributed by atoms with E-state index >= 15 is 0 Å². The van der Waals surface area contributed by atoms with Gasteiger partial charge in [-0.25, -0.2) is 4.79 Å². The third kappa shape index (κ3) is 5.84. The highest BCUT2D eigenvalue weighted by Crippen LogP contribution is 2.19. The van der Waals surface area contributed by atoms with Crippen molar-refractivity contribution in [2.45, 2.75) is 6.92 Å². The summed E-state index contributed by atoms with van der Waals surface area (Å²) in [5, 5.41) is 11.9. The molecule has 0 saturated heterocycles. The second-order valence-electron chi connectivity index (χ2n) is 5.03. The lowest BCUT2D eigenvalue weighted by molar-refractivity contribution is -0.135. The molecule has 132 valence electrons. The maximum absolute atomic E-state index is 11.6. The molecule has 0 spiro atoms. The lowest BCUT2D eigenvalue weighted by atomic mass is 10.1. The molecule has 0 aromatic heterocycles. The van der Waals surface area contributed by atoms with E-state index < -0.39 is 5.97 Å². The fraction of sp³-hybridized carbons (Fsp3) is 0.143. The predicted molar refractivity (Wildman–Crippen MR) is 100 cm³/mol. The van der Waals surface area contributed by atoms with Gasteiger partial charge in [0.15, 0.2) is 5.71 Å². The molecule has 1 N–H and O–H groups in total. The van der Waals surface area contributed by atoms with Crippen molar-refractivity contribution in [3.8, 4) is 17.6 Å². The van der Waals surface area contributed by atoms with Crippen LogP contribution in [0.2, 0.25) is 0 Å². The van der Waals surface area contributed by atoms with Gasteiger partial charge in [0.25, 0.3) is 0 Å². The normalized spacial score (nSPS) is 10.9. The summed E-state index contributed by atoms with van der Waals surface area (Å²) in [6.07, 6.45) is 2.99. The number of benzene rings is 2. The minimum Gasteiger partial charge on any atom is -0.480 e. The van der Waals surface area contributed by atoms with Crippen LogP contribution in [0.4, 0.5) is 0 Å². The first kappa shape index (κ1) is 18.8. The van der Waals surface area contributed by atoms with Crippen LogP contribution in [-0.4, -0.2) is 30.1 Å². The van der Waals surface area contributed by atoms with Crippen LogP contribution in [0.25, 0.3) is 6.08 Å². The summed E-state index contributed by atoms with van der Waals surface area (Å²) in [6, 6.07) is 16.9. The number of hydrogen-bond acceptors (Lipinski definition) is 5. The average Bonchev–Trinajstić information content (AvgIpc) is 2.68. The molecule has 0 aliphatic rings. The number of esters is 1. The molecule has 5 heteroatoms. The summed E-state index contributed by atoms with van der Waals surface area (Å²) in [5.41, 5.74) is 1.45. The van der Waals surface area contributed by atoms with Crippen LogP contribution < -0.4 is 4.74 Å². The Bertz CT molecular complexity index is 845. The fourth-order valence-electron chi connectivity index (χ4n) is 2.04. The number of oxime groups is 1. The Labute approximate surface area is 152 Å². The monoisotopic (exact) mass is 349 g/mol. The van der Waals surface area contributed by atoms with Crippen molar-refractivity contribution < 1.29 is 19.5 Å². The molecule has 0 bridgehead atoms. The van der Waals surface area contributed by atoms with E-state index in [2.05, 4.69) is 17.0 Å². The molecule has 2 aromatic carbocycles. The van der Waals surface area contributed by atoms with Gasteiger partial charge in [-0.2, -0.15) is 0 Å². The minimum absolute atomic E-state index is 0.189. The van der Waals surface area contributed by atoms with Crippen molar-refractivity contribution in [1.82, 2.24) is 0 Å². The Morgan fingerprint density at radius 2 is 1.88 bits per heavy atom. The van der Waals surface area contributed by atoms with Crippen LogP contribution in [0.15, 0.2) is 65.8 Å². The molecule has 0 amide bonds. The summed E-state index contributed by atoms with van der Waals surface area (Å²) in [5.74, 6) is 5.88. The Kier molecular flexibility index (Phi) is 7.50. The largest absolute Gasteiger partial charge is 0.480 e. The van der Waals surface area contributed by atoms with Gasteiger partial charge >= 0.3 is 5.97 Å². The molecule has 0 heterocycles. The van der Waals surface area contributed by atoms with E-state index in [0.717, 1.165) is 11.1 Å². The summed E-state index contributed by atoms with van der Waals surface area (Å²) in [7, 11) is 0.